The van der Waals surface area contributed by atoms with E-state index < -0.39 is 0 Å². The van der Waals surface area contributed by atoms with Gasteiger partial charge in [-0.2, -0.15) is 0 Å². The minimum absolute atomic E-state index is 0.368. The van der Waals surface area contributed by atoms with Crippen molar-refractivity contribution < 1.29 is 0 Å². The molecule has 0 fully saturated rings. The number of alkyl halides is 1. The Morgan fingerprint density at radius 1 is 1.24 bits per heavy atom. The Balaban J connectivity index is 2.71. The average molecular weight is 252 g/mol. The molecule has 0 N–H and O–H groups in total. The molecule has 2 heteroatoms. The maximum absolute atomic E-state index is 6.65. The van der Waals surface area contributed by atoms with Gasteiger partial charge in [0.15, 0.2) is 0 Å². The number of benzene rings is 1. The summed E-state index contributed by atoms with van der Waals surface area (Å²) in [6.07, 6.45) is 2.70. The van der Waals surface area contributed by atoms with Gasteiger partial charge >= 0.3 is 0 Å². The second-order valence-corrected chi connectivity index (χ2v) is 5.12. The molecule has 0 bridgehead atoms. The van der Waals surface area contributed by atoms with Crippen LogP contribution in [-0.4, -0.2) is 29.4 Å². The topological polar surface area (TPSA) is 3.24 Å². The van der Waals surface area contributed by atoms with Gasteiger partial charge in [0, 0.05) is 6.54 Å². The molecule has 1 rings (SSSR count). The molecule has 0 aliphatic rings. The predicted octanol–water partition coefficient (Wildman–Crippen LogP) is 3.73. The van der Waals surface area contributed by atoms with Crippen LogP contribution in [0.1, 0.15) is 19.4 Å². The van der Waals surface area contributed by atoms with E-state index in [4.69, 9.17) is 11.6 Å². The third kappa shape index (κ3) is 4.53. The quantitative estimate of drug-likeness (QED) is 0.527. The first-order valence-corrected chi connectivity index (χ1v) is 6.60. The highest BCUT2D eigenvalue weighted by atomic mass is 35.5. The lowest BCUT2D eigenvalue weighted by molar-refractivity contribution is 0.282. The smallest absolute Gasteiger partial charge is 0.0790 e. The minimum atomic E-state index is -0.368. The van der Waals surface area contributed by atoms with Gasteiger partial charge in [0.05, 0.1) is 4.87 Å². The number of nitrogens with zero attached hydrogens (tertiary/aromatic N) is 1. The summed E-state index contributed by atoms with van der Waals surface area (Å²) in [5.74, 6) is 0. The highest BCUT2D eigenvalue weighted by Crippen LogP contribution is 2.24. The molecule has 1 unspecified atom stereocenters. The molecule has 0 aromatic heterocycles. The van der Waals surface area contributed by atoms with Crippen LogP contribution in [0.2, 0.25) is 0 Å². The molecule has 0 amide bonds. The second kappa shape index (κ2) is 6.83. The first-order valence-electron chi connectivity index (χ1n) is 6.22. The van der Waals surface area contributed by atoms with Gasteiger partial charge in [-0.1, -0.05) is 50.3 Å². The fraction of sp³-hybridized carbons (Fsp3) is 0.467. The summed E-state index contributed by atoms with van der Waals surface area (Å²) in [5, 5.41) is 0. The molecule has 0 aliphatic heterocycles. The van der Waals surface area contributed by atoms with Gasteiger partial charge in [-0.05, 0) is 25.1 Å². The number of rotatable bonds is 7. The fourth-order valence-electron chi connectivity index (χ4n) is 1.95. The van der Waals surface area contributed by atoms with Crippen LogP contribution >= 0.6 is 11.6 Å². The molecule has 0 radical (unpaired) electrons. The monoisotopic (exact) mass is 251 g/mol. The Hall–Kier alpha value is -0.790. The van der Waals surface area contributed by atoms with E-state index in [1.165, 1.54) is 5.56 Å². The van der Waals surface area contributed by atoms with E-state index in [1.54, 1.807) is 0 Å². The maximum atomic E-state index is 6.65. The third-order valence-corrected chi connectivity index (χ3v) is 3.49. The van der Waals surface area contributed by atoms with Crippen LogP contribution < -0.4 is 0 Å². The van der Waals surface area contributed by atoms with Crippen molar-refractivity contribution in [3.05, 3.63) is 48.6 Å². The van der Waals surface area contributed by atoms with Crippen LogP contribution in [0, 0.1) is 0 Å². The Morgan fingerprint density at radius 2 is 1.82 bits per heavy atom. The highest BCUT2D eigenvalue weighted by Gasteiger charge is 2.25. The number of hydrogen-bond acceptors (Lipinski definition) is 1. The van der Waals surface area contributed by atoms with Crippen molar-refractivity contribution in [2.75, 3.05) is 19.6 Å². The summed E-state index contributed by atoms with van der Waals surface area (Å²) in [6.45, 7) is 11.1. The lowest BCUT2D eigenvalue weighted by atomic mass is 9.98. The first-order chi connectivity index (χ1) is 8.13. The van der Waals surface area contributed by atoms with Gasteiger partial charge in [-0.3, -0.25) is 0 Å². The van der Waals surface area contributed by atoms with Crippen molar-refractivity contribution >= 4 is 11.6 Å². The van der Waals surface area contributed by atoms with E-state index in [2.05, 4.69) is 37.5 Å². The van der Waals surface area contributed by atoms with E-state index in [0.717, 1.165) is 26.1 Å². The van der Waals surface area contributed by atoms with Crippen LogP contribution in [0.5, 0.6) is 0 Å². The van der Waals surface area contributed by atoms with E-state index in [0.29, 0.717) is 0 Å². The molecule has 1 nitrogen and oxygen atoms in total. The molecular formula is C15H22ClN. The van der Waals surface area contributed by atoms with Crippen LogP contribution in [0.4, 0.5) is 0 Å². The summed E-state index contributed by atoms with van der Waals surface area (Å²) < 4.78 is 0. The summed E-state index contributed by atoms with van der Waals surface area (Å²) >= 11 is 6.65. The Labute approximate surface area is 110 Å². The molecule has 1 aromatic carbocycles. The van der Waals surface area contributed by atoms with Crippen LogP contribution in [-0.2, 0) is 6.42 Å². The number of hydrogen-bond donors (Lipinski definition) is 0. The van der Waals surface area contributed by atoms with E-state index in [-0.39, 0.29) is 4.87 Å². The van der Waals surface area contributed by atoms with Crippen molar-refractivity contribution in [2.45, 2.75) is 25.1 Å². The molecule has 0 saturated heterocycles. The van der Waals surface area contributed by atoms with Gasteiger partial charge in [-0.15, -0.1) is 18.2 Å². The van der Waals surface area contributed by atoms with Crippen molar-refractivity contribution in [1.82, 2.24) is 4.90 Å². The molecule has 17 heavy (non-hydrogen) atoms. The average Bonchev–Trinajstić information content (AvgIpc) is 2.37. The standard InChI is InChI=1S/C15H22ClN/c1-4-15(16,13-17(5-2)6-3)12-14-10-8-7-9-11-14/h4,7-11H,1,5-6,12-13H2,2-3H3. The summed E-state index contributed by atoms with van der Waals surface area (Å²) in [4.78, 5) is 1.96. The SMILES string of the molecule is C=CC(Cl)(Cc1ccccc1)CN(CC)CC. The number of halogens is 1. The summed E-state index contributed by atoms with van der Waals surface area (Å²) in [5.41, 5.74) is 1.26. The lowest BCUT2D eigenvalue weighted by Gasteiger charge is -2.30. The molecular weight excluding hydrogens is 230 g/mol. The molecule has 1 aromatic rings. The Kier molecular flexibility index (Phi) is 5.73. The highest BCUT2D eigenvalue weighted by molar-refractivity contribution is 6.25. The molecule has 1 atom stereocenters. The normalized spacial score (nSPS) is 14.6. The lowest BCUT2D eigenvalue weighted by Crippen LogP contribution is -2.39. The van der Waals surface area contributed by atoms with Crippen LogP contribution in [0.15, 0.2) is 43.0 Å². The molecule has 0 spiro atoms. The van der Waals surface area contributed by atoms with Crippen molar-refractivity contribution in [3.8, 4) is 0 Å². The van der Waals surface area contributed by atoms with Crippen LogP contribution in [0.25, 0.3) is 0 Å². The van der Waals surface area contributed by atoms with Gasteiger partial charge in [0.25, 0.3) is 0 Å². The van der Waals surface area contributed by atoms with Gasteiger partial charge < -0.3 is 4.90 Å². The summed E-state index contributed by atoms with van der Waals surface area (Å²) in [6, 6.07) is 10.4. The Morgan fingerprint density at radius 3 is 2.29 bits per heavy atom. The second-order valence-electron chi connectivity index (χ2n) is 4.36. The molecule has 94 valence electrons. The minimum Gasteiger partial charge on any atom is -0.302 e. The zero-order chi connectivity index (χ0) is 12.7. The zero-order valence-corrected chi connectivity index (χ0v) is 11.6. The van der Waals surface area contributed by atoms with E-state index in [1.807, 2.05) is 24.3 Å². The largest absolute Gasteiger partial charge is 0.302 e. The Bertz CT molecular complexity index is 332. The van der Waals surface area contributed by atoms with Gasteiger partial charge in [0.2, 0.25) is 0 Å². The van der Waals surface area contributed by atoms with Gasteiger partial charge in [-0.25, -0.2) is 0 Å². The molecule has 0 heterocycles. The predicted molar refractivity (Wildman–Crippen MR) is 76.7 cm³/mol. The third-order valence-electron chi connectivity index (χ3n) is 3.09. The zero-order valence-electron chi connectivity index (χ0n) is 10.8. The van der Waals surface area contributed by atoms with Crippen LogP contribution in [0.3, 0.4) is 0 Å². The summed E-state index contributed by atoms with van der Waals surface area (Å²) in [7, 11) is 0. The first kappa shape index (κ1) is 14.3. The maximum Gasteiger partial charge on any atom is 0.0790 e. The molecule has 0 aliphatic carbocycles. The van der Waals surface area contributed by atoms with E-state index in [9.17, 15) is 0 Å². The van der Waals surface area contributed by atoms with E-state index >= 15 is 0 Å². The van der Waals surface area contributed by atoms with Crippen molar-refractivity contribution in [3.63, 3.8) is 0 Å². The fourth-order valence-corrected chi connectivity index (χ4v) is 2.27. The van der Waals surface area contributed by atoms with Crippen molar-refractivity contribution in [2.24, 2.45) is 0 Å². The molecule has 0 saturated carbocycles. The van der Waals surface area contributed by atoms with Gasteiger partial charge in [0.1, 0.15) is 0 Å². The van der Waals surface area contributed by atoms with Crippen molar-refractivity contribution in [1.29, 1.82) is 0 Å².